The summed E-state index contributed by atoms with van der Waals surface area (Å²) in [5.74, 6) is 1.62. The van der Waals surface area contributed by atoms with Crippen LogP contribution in [0.4, 0.5) is 27.7 Å². The molecule has 1 aromatic heterocycles. The van der Waals surface area contributed by atoms with Gasteiger partial charge in [0.2, 0.25) is 0 Å². The highest BCUT2D eigenvalue weighted by molar-refractivity contribution is 7.70. The molecule has 0 unspecified atom stereocenters. The Morgan fingerprint density at radius 2 is 1.57 bits per heavy atom. The second-order valence-corrected chi connectivity index (χ2v) is 18.7. The lowest BCUT2D eigenvalue weighted by molar-refractivity contribution is 0.0600. The molecular formula is C43H51N6O6P. The fourth-order valence-corrected chi connectivity index (χ4v) is 7.82. The molecule has 56 heavy (non-hydrogen) atoms. The largest absolute Gasteiger partial charge is 0.494 e. The first-order valence-corrected chi connectivity index (χ1v) is 21.1. The number of ether oxygens (including phenoxy) is 3. The van der Waals surface area contributed by atoms with Crippen LogP contribution in [-0.4, -0.2) is 87.6 Å². The molecule has 0 radical (unpaired) electrons. The minimum Gasteiger partial charge on any atom is -0.494 e. The number of amides is 2. The molecule has 3 N–H and O–H groups in total. The van der Waals surface area contributed by atoms with Crippen molar-refractivity contribution < 1.29 is 28.4 Å². The second kappa shape index (κ2) is 16.8. The standard InChI is InChI=1S/C43H51N6O6P/c1-43(2,3)30-24-36(40(53-5)38(25-30)56(7,8)52)47-42(51)46-35-13-14-37(34-12-10-9-11-33(34)35)55-32-15-16-44-39(26-32)45-31-22-28(21-29(23-31)41(50)54-6)27-49-19-17-48(4)18-20-49/h9-16,21-26H,17-20,27H2,1-8H3,(H,44,45)(H2,46,47,51). The van der Waals surface area contributed by atoms with E-state index in [1.54, 1.807) is 49.9 Å². The molecule has 4 aromatic carbocycles. The molecule has 5 aromatic rings. The Bertz CT molecular complexity index is 2290. The van der Waals surface area contributed by atoms with Crippen LogP contribution in [0.5, 0.6) is 17.2 Å². The Morgan fingerprint density at radius 3 is 2.25 bits per heavy atom. The Labute approximate surface area is 328 Å². The minimum atomic E-state index is -2.75. The van der Waals surface area contributed by atoms with Crippen LogP contribution in [0.2, 0.25) is 0 Å². The summed E-state index contributed by atoms with van der Waals surface area (Å²) in [6.45, 7) is 14.2. The van der Waals surface area contributed by atoms with Crippen molar-refractivity contribution in [3.8, 4) is 17.2 Å². The maximum atomic E-state index is 13.6. The number of hydrogen-bond donors (Lipinski definition) is 3. The Kier molecular flexibility index (Phi) is 12.0. The number of piperazine rings is 1. The quantitative estimate of drug-likeness (QED) is 0.0886. The summed E-state index contributed by atoms with van der Waals surface area (Å²) in [6, 6.07) is 23.8. The Balaban J connectivity index is 1.22. The number of fused-ring (bicyclic) bond motifs is 1. The molecule has 1 fully saturated rings. The molecule has 6 rings (SSSR count). The van der Waals surface area contributed by atoms with Gasteiger partial charge in [-0.05, 0) is 85.5 Å². The van der Waals surface area contributed by atoms with Crippen molar-refractivity contribution in [2.45, 2.75) is 32.7 Å². The number of pyridine rings is 1. The Morgan fingerprint density at radius 1 is 0.857 bits per heavy atom. The van der Waals surface area contributed by atoms with Gasteiger partial charge in [-0.25, -0.2) is 14.6 Å². The molecular weight excluding hydrogens is 727 g/mol. The number of methoxy groups -OCH3 is 2. The van der Waals surface area contributed by atoms with Gasteiger partial charge in [0, 0.05) is 61.4 Å². The van der Waals surface area contributed by atoms with Crippen LogP contribution >= 0.6 is 7.14 Å². The van der Waals surface area contributed by atoms with Crippen LogP contribution in [-0.2, 0) is 21.3 Å². The summed E-state index contributed by atoms with van der Waals surface area (Å²) < 4.78 is 30.5. The third-order valence-electron chi connectivity index (χ3n) is 9.75. The van der Waals surface area contributed by atoms with E-state index >= 15 is 0 Å². The lowest BCUT2D eigenvalue weighted by Gasteiger charge is -2.32. The SMILES string of the molecule is COC(=O)c1cc(CN2CCN(C)CC2)cc(Nc2cc(Oc3ccc(NC(=O)Nc4cc(C(C)(C)C)cc(P(C)(C)=O)c4OC)c4ccccc34)ccn2)c1. The van der Waals surface area contributed by atoms with E-state index in [9.17, 15) is 14.2 Å². The van der Waals surface area contributed by atoms with Crippen molar-refractivity contribution in [1.82, 2.24) is 14.8 Å². The number of urea groups is 1. The average Bonchev–Trinajstić information content (AvgIpc) is 3.15. The van der Waals surface area contributed by atoms with Gasteiger partial charge >= 0.3 is 12.0 Å². The highest BCUT2D eigenvalue weighted by Gasteiger charge is 2.26. The molecule has 0 spiro atoms. The third kappa shape index (κ3) is 9.68. The van der Waals surface area contributed by atoms with Gasteiger partial charge in [-0.2, -0.15) is 0 Å². The van der Waals surface area contributed by atoms with E-state index in [1.165, 1.54) is 14.2 Å². The number of anilines is 4. The van der Waals surface area contributed by atoms with E-state index in [1.807, 2.05) is 48.5 Å². The fourth-order valence-electron chi connectivity index (χ4n) is 6.67. The molecule has 12 nitrogen and oxygen atoms in total. The van der Waals surface area contributed by atoms with E-state index in [4.69, 9.17) is 14.2 Å². The predicted octanol–water partition coefficient (Wildman–Crippen LogP) is 8.50. The fraction of sp³-hybridized carbons (Fsp3) is 0.326. The van der Waals surface area contributed by atoms with Crippen LogP contribution in [0.15, 0.2) is 85.1 Å². The van der Waals surface area contributed by atoms with Gasteiger partial charge in [0.1, 0.15) is 24.5 Å². The molecule has 0 saturated carbocycles. The van der Waals surface area contributed by atoms with Crippen molar-refractivity contribution in [2.75, 3.05) is 76.7 Å². The zero-order chi connectivity index (χ0) is 40.2. The molecule has 1 saturated heterocycles. The van der Waals surface area contributed by atoms with Crippen LogP contribution in [0, 0.1) is 0 Å². The highest BCUT2D eigenvalue weighted by Crippen LogP contribution is 2.43. The molecule has 0 bridgehead atoms. The zero-order valence-corrected chi connectivity index (χ0v) is 34.3. The van der Waals surface area contributed by atoms with E-state index in [0.717, 1.165) is 48.1 Å². The van der Waals surface area contributed by atoms with Crippen LogP contribution in [0.25, 0.3) is 10.8 Å². The predicted molar refractivity (Wildman–Crippen MR) is 226 cm³/mol. The summed E-state index contributed by atoms with van der Waals surface area (Å²) in [5.41, 5.74) is 3.83. The smallest absolute Gasteiger partial charge is 0.337 e. The molecule has 13 heteroatoms. The van der Waals surface area contributed by atoms with Crippen molar-refractivity contribution in [1.29, 1.82) is 0 Å². The summed E-state index contributed by atoms with van der Waals surface area (Å²) in [5, 5.41) is 11.4. The molecule has 1 aliphatic heterocycles. The normalized spacial score (nSPS) is 13.9. The molecule has 0 aliphatic carbocycles. The van der Waals surface area contributed by atoms with E-state index < -0.39 is 19.1 Å². The lowest BCUT2D eigenvalue weighted by atomic mass is 9.86. The van der Waals surface area contributed by atoms with E-state index in [-0.39, 0.29) is 5.41 Å². The zero-order valence-electron chi connectivity index (χ0n) is 33.4. The van der Waals surface area contributed by atoms with Crippen molar-refractivity contribution in [2.24, 2.45) is 0 Å². The van der Waals surface area contributed by atoms with E-state index in [2.05, 4.69) is 58.6 Å². The topological polar surface area (TPSA) is 134 Å². The number of nitrogens with zero attached hydrogens (tertiary/aromatic N) is 3. The molecule has 0 atom stereocenters. The molecule has 1 aliphatic rings. The first-order valence-electron chi connectivity index (χ1n) is 18.5. The first-order chi connectivity index (χ1) is 26.6. The average molecular weight is 779 g/mol. The monoisotopic (exact) mass is 778 g/mol. The van der Waals surface area contributed by atoms with Gasteiger partial charge in [-0.1, -0.05) is 45.0 Å². The number of nitrogens with one attached hydrogen (secondary N) is 3. The molecule has 294 valence electrons. The number of benzene rings is 4. The summed E-state index contributed by atoms with van der Waals surface area (Å²) in [7, 11) is 2.27. The third-order valence-corrected chi connectivity index (χ3v) is 11.2. The summed E-state index contributed by atoms with van der Waals surface area (Å²) in [6.07, 6.45) is 1.65. The highest BCUT2D eigenvalue weighted by atomic mass is 31.2. The van der Waals surface area contributed by atoms with Crippen LogP contribution in [0.3, 0.4) is 0 Å². The van der Waals surface area contributed by atoms with Crippen molar-refractivity contribution >= 4 is 58.1 Å². The van der Waals surface area contributed by atoms with Gasteiger partial charge in [-0.3, -0.25) is 4.90 Å². The van der Waals surface area contributed by atoms with Gasteiger partial charge in [0.25, 0.3) is 0 Å². The lowest BCUT2D eigenvalue weighted by Crippen LogP contribution is -2.43. The van der Waals surface area contributed by atoms with Crippen molar-refractivity contribution in [3.05, 3.63) is 102 Å². The van der Waals surface area contributed by atoms with E-state index in [0.29, 0.717) is 57.5 Å². The summed E-state index contributed by atoms with van der Waals surface area (Å²) >= 11 is 0. The number of carbonyl (C=O) groups excluding carboxylic acids is 2. The van der Waals surface area contributed by atoms with Gasteiger partial charge in [0.15, 0.2) is 5.75 Å². The number of carbonyl (C=O) groups is 2. The number of esters is 1. The Hall–Kier alpha value is -5.42. The maximum Gasteiger partial charge on any atom is 0.337 e. The molecule has 2 amide bonds. The first kappa shape index (κ1) is 40.2. The minimum absolute atomic E-state index is 0.260. The van der Waals surface area contributed by atoms with Crippen LogP contribution in [0.1, 0.15) is 42.3 Å². The number of hydrogen-bond acceptors (Lipinski definition) is 10. The summed E-state index contributed by atoms with van der Waals surface area (Å²) in [4.78, 5) is 35.4. The number of rotatable bonds is 11. The number of aromatic nitrogens is 1. The van der Waals surface area contributed by atoms with Crippen molar-refractivity contribution in [3.63, 3.8) is 0 Å². The number of likely N-dealkylation sites (N-methyl/N-ethyl adjacent to an activating group) is 1. The maximum absolute atomic E-state index is 13.6. The van der Waals surface area contributed by atoms with Gasteiger partial charge < -0.3 is 39.6 Å². The van der Waals surface area contributed by atoms with Gasteiger partial charge in [0.05, 0.1) is 36.5 Å². The second-order valence-electron chi connectivity index (χ2n) is 15.5. The van der Waals surface area contributed by atoms with Gasteiger partial charge in [-0.15, -0.1) is 0 Å². The van der Waals surface area contributed by atoms with Crippen LogP contribution < -0.4 is 30.7 Å². The molecule has 2 heterocycles.